The van der Waals surface area contributed by atoms with E-state index in [0.29, 0.717) is 6.61 Å². The molecular weight excluding hydrogens is 354 g/mol. The van der Waals surface area contributed by atoms with Crippen LogP contribution in [0.25, 0.3) is 5.57 Å². The lowest BCUT2D eigenvalue weighted by atomic mass is 9.93. The van der Waals surface area contributed by atoms with Crippen molar-refractivity contribution in [1.82, 2.24) is 4.90 Å². The maximum atomic E-state index is 10.8. The van der Waals surface area contributed by atoms with E-state index in [1.165, 1.54) is 34.1 Å². The van der Waals surface area contributed by atoms with Gasteiger partial charge in [0.25, 0.3) is 0 Å². The number of carbonyl (C=O) groups excluding carboxylic acids is 1. The van der Waals surface area contributed by atoms with Crippen LogP contribution >= 0.6 is 11.8 Å². The molecule has 0 aromatic heterocycles. The fourth-order valence-electron chi connectivity index (χ4n) is 3.34. The van der Waals surface area contributed by atoms with Crippen molar-refractivity contribution >= 4 is 23.3 Å². The Morgan fingerprint density at radius 2 is 1.85 bits per heavy atom. The maximum Gasteiger partial charge on any atom is 0.302 e. The molecule has 0 fully saturated rings. The number of thioether (sulfide) groups is 1. The van der Waals surface area contributed by atoms with Crippen LogP contribution in [-0.2, 0) is 15.3 Å². The smallest absolute Gasteiger partial charge is 0.302 e. The zero-order chi connectivity index (χ0) is 19.1. The van der Waals surface area contributed by atoms with E-state index in [2.05, 4.69) is 66.6 Å². The first-order chi connectivity index (χ1) is 13.1. The standard InChI is InChI=1S/C23H27NO2S/c1-18(25)26-16-8-15-24(2)14-7-12-21-20-10-4-3-9-19(20)17-27-23-13-6-5-11-22(21)23/h3-6,9-13H,7-8,14-17H2,1-2H3/b21-12+. The summed E-state index contributed by atoms with van der Waals surface area (Å²) < 4.78 is 5.00. The molecule has 142 valence electrons. The Balaban J connectivity index is 1.69. The van der Waals surface area contributed by atoms with E-state index >= 15 is 0 Å². The summed E-state index contributed by atoms with van der Waals surface area (Å²) in [7, 11) is 2.12. The third-order valence-electron chi connectivity index (χ3n) is 4.72. The zero-order valence-electron chi connectivity index (χ0n) is 16.1. The molecule has 2 aromatic carbocycles. The summed E-state index contributed by atoms with van der Waals surface area (Å²) in [6.07, 6.45) is 4.24. The molecule has 1 aliphatic rings. The number of nitrogens with zero attached hydrogens (tertiary/aromatic N) is 1. The van der Waals surface area contributed by atoms with Crippen molar-refractivity contribution in [1.29, 1.82) is 0 Å². The van der Waals surface area contributed by atoms with Gasteiger partial charge in [-0.1, -0.05) is 48.5 Å². The number of hydrogen-bond acceptors (Lipinski definition) is 4. The first-order valence-corrected chi connectivity index (χ1v) is 10.5. The SMILES string of the molecule is CC(=O)OCCCN(C)CC/C=C1\c2ccccc2CSc2ccccc21. The lowest BCUT2D eigenvalue weighted by Crippen LogP contribution is -2.22. The lowest BCUT2D eigenvalue weighted by molar-refractivity contribution is -0.141. The Labute approximate surface area is 166 Å². The highest BCUT2D eigenvalue weighted by Gasteiger charge is 2.17. The zero-order valence-corrected chi connectivity index (χ0v) is 16.9. The molecule has 0 saturated carbocycles. The molecule has 4 heteroatoms. The van der Waals surface area contributed by atoms with Gasteiger partial charge < -0.3 is 9.64 Å². The van der Waals surface area contributed by atoms with Crippen molar-refractivity contribution < 1.29 is 9.53 Å². The first-order valence-electron chi connectivity index (χ1n) is 9.47. The van der Waals surface area contributed by atoms with Crippen LogP contribution in [0.3, 0.4) is 0 Å². The van der Waals surface area contributed by atoms with Crippen LogP contribution in [0.4, 0.5) is 0 Å². The molecule has 27 heavy (non-hydrogen) atoms. The minimum Gasteiger partial charge on any atom is -0.466 e. The Morgan fingerprint density at radius 1 is 1.11 bits per heavy atom. The average Bonchev–Trinajstić information content (AvgIpc) is 2.83. The van der Waals surface area contributed by atoms with Crippen LogP contribution in [0.15, 0.2) is 59.5 Å². The molecule has 3 nitrogen and oxygen atoms in total. The second-order valence-electron chi connectivity index (χ2n) is 6.85. The Morgan fingerprint density at radius 3 is 2.67 bits per heavy atom. The molecule has 3 rings (SSSR count). The monoisotopic (exact) mass is 381 g/mol. The second kappa shape index (κ2) is 9.77. The molecule has 0 spiro atoms. The van der Waals surface area contributed by atoms with Crippen LogP contribution < -0.4 is 0 Å². The summed E-state index contributed by atoms with van der Waals surface area (Å²) in [5.41, 5.74) is 5.44. The van der Waals surface area contributed by atoms with Crippen LogP contribution in [0.5, 0.6) is 0 Å². The number of hydrogen-bond donors (Lipinski definition) is 0. The summed E-state index contributed by atoms with van der Waals surface area (Å²) in [6.45, 7) is 3.87. The molecule has 0 bridgehead atoms. The highest BCUT2D eigenvalue weighted by molar-refractivity contribution is 7.98. The topological polar surface area (TPSA) is 29.5 Å². The summed E-state index contributed by atoms with van der Waals surface area (Å²) >= 11 is 1.92. The molecule has 0 N–H and O–H groups in total. The van der Waals surface area contributed by atoms with Gasteiger partial charge in [0.2, 0.25) is 0 Å². The van der Waals surface area contributed by atoms with Crippen LogP contribution in [0.2, 0.25) is 0 Å². The number of fused-ring (bicyclic) bond motifs is 2. The molecule has 1 aliphatic heterocycles. The van der Waals surface area contributed by atoms with Gasteiger partial charge in [0.1, 0.15) is 0 Å². The average molecular weight is 382 g/mol. The minimum absolute atomic E-state index is 0.203. The molecule has 1 heterocycles. The normalized spacial score (nSPS) is 14.6. The van der Waals surface area contributed by atoms with E-state index in [-0.39, 0.29) is 5.97 Å². The van der Waals surface area contributed by atoms with Gasteiger partial charge in [-0.3, -0.25) is 4.79 Å². The quantitative estimate of drug-likeness (QED) is 0.499. The largest absolute Gasteiger partial charge is 0.466 e. The summed E-state index contributed by atoms with van der Waals surface area (Å²) in [5, 5.41) is 0. The van der Waals surface area contributed by atoms with Gasteiger partial charge in [-0.15, -0.1) is 11.8 Å². The van der Waals surface area contributed by atoms with Gasteiger partial charge in [-0.25, -0.2) is 0 Å². The van der Waals surface area contributed by atoms with Gasteiger partial charge in [-0.05, 0) is 48.2 Å². The van der Waals surface area contributed by atoms with Crippen molar-refractivity contribution in [2.24, 2.45) is 0 Å². The molecule has 0 amide bonds. The summed E-state index contributed by atoms with van der Waals surface area (Å²) in [4.78, 5) is 14.5. The first kappa shape index (κ1) is 19.7. The highest BCUT2D eigenvalue weighted by atomic mass is 32.2. The molecule has 0 radical (unpaired) electrons. The van der Waals surface area contributed by atoms with E-state index in [1.54, 1.807) is 0 Å². The van der Waals surface area contributed by atoms with E-state index < -0.39 is 0 Å². The van der Waals surface area contributed by atoms with Crippen molar-refractivity contribution in [2.75, 3.05) is 26.7 Å². The van der Waals surface area contributed by atoms with Crippen molar-refractivity contribution in [3.8, 4) is 0 Å². The highest BCUT2D eigenvalue weighted by Crippen LogP contribution is 2.39. The number of ether oxygens (including phenoxy) is 1. The van der Waals surface area contributed by atoms with Crippen LogP contribution in [0, 0.1) is 0 Å². The predicted molar refractivity (Wildman–Crippen MR) is 113 cm³/mol. The molecule has 0 saturated heterocycles. The van der Waals surface area contributed by atoms with Gasteiger partial charge in [0.05, 0.1) is 6.61 Å². The predicted octanol–water partition coefficient (Wildman–Crippen LogP) is 5.00. The third-order valence-corrected chi connectivity index (χ3v) is 5.84. The fraction of sp³-hybridized carbons (Fsp3) is 0.348. The number of benzene rings is 2. The van der Waals surface area contributed by atoms with E-state index in [9.17, 15) is 4.79 Å². The lowest BCUT2D eigenvalue weighted by Gasteiger charge is -2.16. The van der Waals surface area contributed by atoms with Crippen LogP contribution in [-0.4, -0.2) is 37.6 Å². The maximum absolute atomic E-state index is 10.8. The summed E-state index contributed by atoms with van der Waals surface area (Å²) in [5.74, 6) is 0.812. The van der Waals surface area contributed by atoms with Gasteiger partial charge in [0.15, 0.2) is 0 Å². The van der Waals surface area contributed by atoms with Gasteiger partial charge in [0, 0.05) is 30.7 Å². The van der Waals surface area contributed by atoms with Crippen molar-refractivity contribution in [3.05, 3.63) is 71.3 Å². The number of carbonyl (C=O) groups is 1. The van der Waals surface area contributed by atoms with Crippen molar-refractivity contribution in [3.63, 3.8) is 0 Å². The Kier molecular flexibility index (Phi) is 7.13. The molecule has 2 aromatic rings. The van der Waals surface area contributed by atoms with E-state index in [1.807, 2.05) is 11.8 Å². The third kappa shape index (κ3) is 5.47. The number of rotatable bonds is 7. The molecule has 0 atom stereocenters. The minimum atomic E-state index is -0.203. The van der Waals surface area contributed by atoms with Crippen molar-refractivity contribution in [2.45, 2.75) is 30.4 Å². The molecule has 0 aliphatic carbocycles. The molecule has 0 unspecified atom stereocenters. The fourth-order valence-corrected chi connectivity index (χ4v) is 4.41. The summed E-state index contributed by atoms with van der Waals surface area (Å²) in [6, 6.07) is 17.4. The molecular formula is C23H27NO2S. The Bertz CT molecular complexity index is 766. The van der Waals surface area contributed by atoms with E-state index in [0.717, 1.165) is 31.7 Å². The Hall–Kier alpha value is -2.04. The van der Waals surface area contributed by atoms with E-state index in [4.69, 9.17) is 4.74 Å². The van der Waals surface area contributed by atoms with Crippen LogP contribution in [0.1, 0.15) is 36.5 Å². The van der Waals surface area contributed by atoms with Gasteiger partial charge >= 0.3 is 5.97 Å². The second-order valence-corrected chi connectivity index (χ2v) is 7.86. The van der Waals surface area contributed by atoms with Gasteiger partial charge in [-0.2, -0.15) is 0 Å². The number of esters is 1.